The number of nitrogens with zero attached hydrogens (tertiary/aromatic N) is 1. The molecule has 160 valence electrons. The molecule has 0 radical (unpaired) electrons. The van der Waals surface area contributed by atoms with Crippen molar-refractivity contribution in [3.8, 4) is 0 Å². The molecule has 1 fully saturated rings. The molecule has 0 unspecified atom stereocenters. The molecule has 1 aliphatic heterocycles. The fourth-order valence-corrected chi connectivity index (χ4v) is 4.44. The Morgan fingerprint density at radius 2 is 1.84 bits per heavy atom. The first-order valence-corrected chi connectivity index (χ1v) is 11.6. The molecule has 6 nitrogen and oxygen atoms in total. The Balaban J connectivity index is 1.46. The zero-order valence-corrected chi connectivity index (χ0v) is 20.0. The van der Waals surface area contributed by atoms with E-state index in [-0.39, 0.29) is 18.2 Å². The van der Waals surface area contributed by atoms with E-state index in [4.69, 9.17) is 23.8 Å². The number of hydrogen-bond acceptors (Lipinski definition) is 5. The van der Waals surface area contributed by atoms with Crippen molar-refractivity contribution in [3.05, 3.63) is 74.1 Å². The van der Waals surface area contributed by atoms with E-state index < -0.39 is 5.91 Å². The third kappa shape index (κ3) is 6.39. The second kappa shape index (κ2) is 10.9. The predicted octanol–water partition coefficient (Wildman–Crippen LogP) is 4.55. The average molecular weight is 539 g/mol. The van der Waals surface area contributed by atoms with Gasteiger partial charge in [0.2, 0.25) is 5.91 Å². The molecule has 3 amide bonds. The van der Waals surface area contributed by atoms with Crippen molar-refractivity contribution < 1.29 is 14.4 Å². The van der Waals surface area contributed by atoms with Gasteiger partial charge in [-0.2, -0.15) is 0 Å². The predicted molar refractivity (Wildman–Crippen MR) is 130 cm³/mol. The van der Waals surface area contributed by atoms with Crippen molar-refractivity contribution in [1.82, 2.24) is 15.8 Å². The average Bonchev–Trinajstić information content (AvgIpc) is 3.01. The molecule has 10 heteroatoms. The quantitative estimate of drug-likeness (QED) is 0.321. The lowest BCUT2D eigenvalue weighted by molar-refractivity contribution is -0.124. The molecule has 0 aromatic heterocycles. The fraction of sp³-hybridized carbons (Fsp3) is 0.143. The first-order chi connectivity index (χ1) is 14.8. The summed E-state index contributed by atoms with van der Waals surface area (Å²) in [5, 5.41) is 0.551. The molecule has 31 heavy (non-hydrogen) atoms. The molecule has 3 rings (SSSR count). The topological polar surface area (TPSA) is 78.5 Å². The Labute approximate surface area is 202 Å². The van der Waals surface area contributed by atoms with Gasteiger partial charge in [0.15, 0.2) is 0 Å². The Kier molecular flexibility index (Phi) is 8.25. The van der Waals surface area contributed by atoms with Gasteiger partial charge in [-0.25, -0.2) is 0 Å². The van der Waals surface area contributed by atoms with Crippen LogP contribution in [0.5, 0.6) is 0 Å². The number of thioether (sulfide) groups is 1. The van der Waals surface area contributed by atoms with Gasteiger partial charge in [-0.05, 0) is 48.4 Å². The Hall–Kier alpha value is -2.20. The number of carbonyl (C=O) groups excluding carboxylic acids is 3. The molecule has 2 aromatic carbocycles. The Morgan fingerprint density at radius 3 is 2.55 bits per heavy atom. The molecule has 1 aliphatic rings. The summed E-state index contributed by atoms with van der Waals surface area (Å²) in [6.45, 7) is 0.304. The van der Waals surface area contributed by atoms with Crippen LogP contribution in [0.4, 0.5) is 0 Å². The van der Waals surface area contributed by atoms with Crippen molar-refractivity contribution in [3.63, 3.8) is 0 Å². The number of benzene rings is 2. The SMILES string of the molecule is O=C(CCCN1C(=O)/C(=C/c2ccccc2Cl)SC1=S)NNC(=O)c1ccc(Br)cc1. The molecular weight excluding hydrogens is 522 g/mol. The standard InChI is InChI=1S/C21H17BrClN3O3S2/c22-15-9-7-13(8-10-15)19(28)25-24-18(27)6-3-11-26-20(29)17(31-21(26)30)12-14-4-1-2-5-16(14)23/h1-2,4-5,7-10,12H,3,6,11H2,(H,24,27)(H,25,28)/b17-12-. The third-order valence-corrected chi connectivity index (χ3v) is 6.52. The molecule has 2 aromatic rings. The fourth-order valence-electron chi connectivity index (χ4n) is 2.69. The summed E-state index contributed by atoms with van der Waals surface area (Å²) in [5.74, 6) is -0.983. The van der Waals surface area contributed by atoms with Crippen LogP contribution in [0.2, 0.25) is 5.02 Å². The summed E-state index contributed by atoms with van der Waals surface area (Å²) >= 11 is 16.0. The van der Waals surface area contributed by atoms with E-state index in [9.17, 15) is 14.4 Å². The van der Waals surface area contributed by atoms with Crippen LogP contribution in [0.15, 0.2) is 57.9 Å². The highest BCUT2D eigenvalue weighted by molar-refractivity contribution is 9.10. The van der Waals surface area contributed by atoms with Crippen LogP contribution < -0.4 is 10.9 Å². The molecule has 0 spiro atoms. The molecule has 0 saturated carbocycles. The van der Waals surface area contributed by atoms with E-state index in [2.05, 4.69) is 26.8 Å². The summed E-state index contributed by atoms with van der Waals surface area (Å²) in [6, 6.07) is 14.0. The van der Waals surface area contributed by atoms with E-state index in [1.54, 1.807) is 36.4 Å². The van der Waals surface area contributed by atoms with Gasteiger partial charge in [0.25, 0.3) is 11.8 Å². The number of amides is 3. The molecule has 0 atom stereocenters. The number of carbonyl (C=O) groups is 3. The van der Waals surface area contributed by atoms with Crippen LogP contribution in [-0.2, 0) is 9.59 Å². The number of hydrogen-bond donors (Lipinski definition) is 2. The van der Waals surface area contributed by atoms with E-state index in [1.165, 1.54) is 16.7 Å². The van der Waals surface area contributed by atoms with Crippen LogP contribution >= 0.6 is 51.5 Å². The van der Waals surface area contributed by atoms with E-state index in [0.29, 0.717) is 32.8 Å². The van der Waals surface area contributed by atoms with Gasteiger partial charge in [0.1, 0.15) is 4.32 Å². The van der Waals surface area contributed by atoms with E-state index in [0.717, 1.165) is 10.0 Å². The number of nitrogens with one attached hydrogen (secondary N) is 2. The molecular formula is C21H17BrClN3O3S2. The van der Waals surface area contributed by atoms with Gasteiger partial charge >= 0.3 is 0 Å². The zero-order chi connectivity index (χ0) is 22.4. The summed E-state index contributed by atoms with van der Waals surface area (Å²) in [5.41, 5.74) is 5.91. The van der Waals surface area contributed by atoms with Gasteiger partial charge in [-0.15, -0.1) is 0 Å². The van der Waals surface area contributed by atoms with Crippen LogP contribution in [0.1, 0.15) is 28.8 Å². The zero-order valence-electron chi connectivity index (χ0n) is 16.1. The maximum absolute atomic E-state index is 12.6. The minimum atomic E-state index is -0.414. The minimum Gasteiger partial charge on any atom is -0.293 e. The molecule has 1 heterocycles. The largest absolute Gasteiger partial charge is 0.293 e. The van der Waals surface area contributed by atoms with Gasteiger partial charge in [-0.3, -0.25) is 30.1 Å². The Morgan fingerprint density at radius 1 is 1.13 bits per heavy atom. The normalized spacial score (nSPS) is 14.8. The lowest BCUT2D eigenvalue weighted by Gasteiger charge is -2.14. The summed E-state index contributed by atoms with van der Waals surface area (Å²) in [4.78, 5) is 38.6. The molecule has 1 saturated heterocycles. The number of thiocarbonyl (C=S) groups is 1. The van der Waals surface area contributed by atoms with Gasteiger partial charge < -0.3 is 0 Å². The highest BCUT2D eigenvalue weighted by Crippen LogP contribution is 2.33. The molecule has 0 bridgehead atoms. The van der Waals surface area contributed by atoms with Crippen molar-refractivity contribution in [1.29, 1.82) is 0 Å². The first kappa shape index (κ1) is 23.5. The van der Waals surface area contributed by atoms with Crippen molar-refractivity contribution >= 4 is 79.6 Å². The van der Waals surface area contributed by atoms with Crippen LogP contribution in [0.25, 0.3) is 6.08 Å². The number of halogens is 2. The highest BCUT2D eigenvalue weighted by Gasteiger charge is 2.31. The maximum atomic E-state index is 12.6. The van der Waals surface area contributed by atoms with Crippen LogP contribution in [0.3, 0.4) is 0 Å². The van der Waals surface area contributed by atoms with Crippen molar-refractivity contribution in [2.45, 2.75) is 12.8 Å². The number of rotatable bonds is 6. The maximum Gasteiger partial charge on any atom is 0.269 e. The van der Waals surface area contributed by atoms with E-state index >= 15 is 0 Å². The second-order valence-electron chi connectivity index (χ2n) is 6.47. The van der Waals surface area contributed by atoms with Crippen LogP contribution in [0, 0.1) is 0 Å². The highest BCUT2D eigenvalue weighted by atomic mass is 79.9. The molecule has 0 aliphatic carbocycles. The third-order valence-electron chi connectivity index (χ3n) is 4.27. The monoisotopic (exact) mass is 537 g/mol. The lowest BCUT2D eigenvalue weighted by atomic mass is 10.2. The number of hydrazine groups is 1. The summed E-state index contributed by atoms with van der Waals surface area (Å²) < 4.78 is 1.29. The van der Waals surface area contributed by atoms with Gasteiger partial charge in [0.05, 0.1) is 4.91 Å². The van der Waals surface area contributed by atoms with Crippen LogP contribution in [-0.4, -0.2) is 33.5 Å². The van der Waals surface area contributed by atoms with E-state index in [1.807, 2.05) is 18.2 Å². The minimum absolute atomic E-state index is 0.126. The first-order valence-electron chi connectivity index (χ1n) is 9.20. The summed E-state index contributed by atoms with van der Waals surface area (Å²) in [6.07, 6.45) is 2.24. The molecule has 2 N–H and O–H groups in total. The van der Waals surface area contributed by atoms with Gasteiger partial charge in [0, 0.05) is 28.0 Å². The van der Waals surface area contributed by atoms with Crippen molar-refractivity contribution in [2.24, 2.45) is 0 Å². The lowest BCUT2D eigenvalue weighted by Crippen LogP contribution is -2.41. The van der Waals surface area contributed by atoms with Gasteiger partial charge in [-0.1, -0.05) is 69.7 Å². The second-order valence-corrected chi connectivity index (χ2v) is 9.47. The Bertz CT molecular complexity index is 1060. The smallest absolute Gasteiger partial charge is 0.269 e. The summed E-state index contributed by atoms with van der Waals surface area (Å²) in [7, 11) is 0. The van der Waals surface area contributed by atoms with Crippen molar-refractivity contribution in [2.75, 3.05) is 6.54 Å².